The van der Waals surface area contributed by atoms with Gasteiger partial charge in [0, 0.05) is 13.1 Å². The largest absolute Gasteiger partial charge is 0.337 e. The number of benzene rings is 1. The summed E-state index contributed by atoms with van der Waals surface area (Å²) in [5.74, 6) is 0. The second-order valence-electron chi connectivity index (χ2n) is 3.53. The number of hydrogen-bond acceptors (Lipinski definition) is 3. The van der Waals surface area contributed by atoms with Gasteiger partial charge in [0.2, 0.25) is 10.0 Å². The van der Waals surface area contributed by atoms with Crippen LogP contribution >= 0.6 is 11.6 Å². The van der Waals surface area contributed by atoms with Crippen molar-refractivity contribution >= 4 is 33.3 Å². The van der Waals surface area contributed by atoms with Crippen molar-refractivity contribution in [2.45, 2.75) is 0 Å². The van der Waals surface area contributed by atoms with Crippen LogP contribution in [-0.2, 0) is 10.0 Å². The Bertz CT molecular complexity index is 519. The molecular weight excluding hydrogens is 278 g/mol. The first-order valence-electron chi connectivity index (χ1n) is 5.12. The van der Waals surface area contributed by atoms with Crippen molar-refractivity contribution in [1.29, 1.82) is 0 Å². The molecule has 0 aromatic heterocycles. The number of para-hydroxylation sites is 1. The number of halogens is 1. The number of hydrogen-bond donors (Lipinski definition) is 3. The Morgan fingerprint density at radius 1 is 1.28 bits per heavy atom. The fraction of sp³-hybridized carbons (Fsp3) is 0.300. The van der Waals surface area contributed by atoms with E-state index in [-0.39, 0.29) is 13.1 Å². The number of amides is 2. The molecule has 1 aromatic carbocycles. The molecule has 100 valence electrons. The summed E-state index contributed by atoms with van der Waals surface area (Å²) >= 11 is 5.86. The minimum absolute atomic E-state index is 0.134. The molecule has 0 saturated heterocycles. The SMILES string of the molecule is CS(=O)(=O)NCCNC(=O)Nc1ccccc1Cl. The van der Waals surface area contributed by atoms with E-state index in [4.69, 9.17) is 11.6 Å². The zero-order valence-electron chi connectivity index (χ0n) is 9.73. The van der Waals surface area contributed by atoms with Crippen molar-refractivity contribution in [3.63, 3.8) is 0 Å². The first kappa shape index (κ1) is 14.7. The van der Waals surface area contributed by atoms with Crippen LogP contribution < -0.4 is 15.4 Å². The summed E-state index contributed by atoms with van der Waals surface area (Å²) < 4.78 is 23.8. The second kappa shape index (κ2) is 6.58. The van der Waals surface area contributed by atoms with E-state index in [1.807, 2.05) is 0 Å². The summed E-state index contributed by atoms with van der Waals surface area (Å²) in [4.78, 5) is 11.4. The first-order valence-corrected chi connectivity index (χ1v) is 7.39. The third kappa shape index (κ3) is 5.85. The number of carbonyl (C=O) groups excluding carboxylic acids is 1. The minimum Gasteiger partial charge on any atom is -0.337 e. The monoisotopic (exact) mass is 291 g/mol. The highest BCUT2D eigenvalue weighted by molar-refractivity contribution is 7.88. The molecular formula is C10H14ClN3O3S. The summed E-state index contributed by atoms with van der Waals surface area (Å²) in [6.45, 7) is 0.318. The van der Waals surface area contributed by atoms with E-state index in [1.54, 1.807) is 24.3 Å². The fourth-order valence-electron chi connectivity index (χ4n) is 1.14. The molecule has 0 saturated carbocycles. The Balaban J connectivity index is 2.33. The van der Waals surface area contributed by atoms with E-state index in [9.17, 15) is 13.2 Å². The van der Waals surface area contributed by atoms with Gasteiger partial charge in [0.05, 0.1) is 17.0 Å². The predicted molar refractivity (Wildman–Crippen MR) is 71.3 cm³/mol. The fourth-order valence-corrected chi connectivity index (χ4v) is 1.80. The molecule has 0 heterocycles. The Morgan fingerprint density at radius 3 is 2.56 bits per heavy atom. The summed E-state index contributed by atoms with van der Waals surface area (Å²) in [5.41, 5.74) is 0.493. The Hall–Kier alpha value is -1.31. The van der Waals surface area contributed by atoms with E-state index in [0.717, 1.165) is 6.26 Å². The number of nitrogens with one attached hydrogen (secondary N) is 3. The maximum Gasteiger partial charge on any atom is 0.319 e. The van der Waals surface area contributed by atoms with Crippen LogP contribution in [0.15, 0.2) is 24.3 Å². The molecule has 0 fully saturated rings. The summed E-state index contributed by atoms with van der Waals surface area (Å²) in [5, 5.41) is 5.48. The quantitative estimate of drug-likeness (QED) is 0.708. The Labute approximate surface area is 111 Å². The Kier molecular flexibility index (Phi) is 5.39. The topological polar surface area (TPSA) is 87.3 Å². The molecule has 0 unspecified atom stereocenters. The van der Waals surface area contributed by atoms with Gasteiger partial charge in [-0.15, -0.1) is 0 Å². The van der Waals surface area contributed by atoms with Crippen molar-refractivity contribution in [2.75, 3.05) is 24.7 Å². The van der Waals surface area contributed by atoms with E-state index in [1.165, 1.54) is 0 Å². The third-order valence-corrected chi connectivity index (χ3v) is 2.95. The lowest BCUT2D eigenvalue weighted by Gasteiger charge is -2.08. The van der Waals surface area contributed by atoms with Crippen LogP contribution in [-0.4, -0.2) is 33.8 Å². The average Bonchev–Trinajstić information content (AvgIpc) is 2.26. The van der Waals surface area contributed by atoms with Crippen molar-refractivity contribution in [2.24, 2.45) is 0 Å². The molecule has 18 heavy (non-hydrogen) atoms. The van der Waals surface area contributed by atoms with Gasteiger partial charge in [-0.1, -0.05) is 23.7 Å². The Morgan fingerprint density at radius 2 is 1.94 bits per heavy atom. The molecule has 3 N–H and O–H groups in total. The third-order valence-electron chi connectivity index (χ3n) is 1.90. The predicted octanol–water partition coefficient (Wildman–Crippen LogP) is 1.01. The van der Waals surface area contributed by atoms with E-state index in [2.05, 4.69) is 15.4 Å². The maximum absolute atomic E-state index is 11.4. The van der Waals surface area contributed by atoms with Crippen LogP contribution in [0.5, 0.6) is 0 Å². The molecule has 0 aliphatic rings. The highest BCUT2D eigenvalue weighted by atomic mass is 35.5. The second-order valence-corrected chi connectivity index (χ2v) is 5.77. The van der Waals surface area contributed by atoms with Crippen molar-refractivity contribution in [3.05, 3.63) is 29.3 Å². The lowest BCUT2D eigenvalue weighted by atomic mass is 10.3. The van der Waals surface area contributed by atoms with Gasteiger partial charge in [-0.25, -0.2) is 17.9 Å². The normalized spacial score (nSPS) is 11.0. The molecule has 0 aliphatic carbocycles. The summed E-state index contributed by atoms with van der Waals surface area (Å²) in [6, 6.07) is 6.37. The number of anilines is 1. The standard InChI is InChI=1S/C10H14ClN3O3S/c1-18(16,17)13-7-6-12-10(15)14-9-5-3-2-4-8(9)11/h2-5,13H,6-7H2,1H3,(H2,12,14,15). The van der Waals surface area contributed by atoms with E-state index >= 15 is 0 Å². The average molecular weight is 292 g/mol. The van der Waals surface area contributed by atoms with Crippen molar-refractivity contribution in [3.8, 4) is 0 Å². The van der Waals surface area contributed by atoms with E-state index in [0.29, 0.717) is 10.7 Å². The van der Waals surface area contributed by atoms with Gasteiger partial charge in [0.15, 0.2) is 0 Å². The molecule has 0 atom stereocenters. The lowest BCUT2D eigenvalue weighted by molar-refractivity contribution is 0.252. The molecule has 0 bridgehead atoms. The van der Waals surface area contributed by atoms with Crippen molar-refractivity contribution in [1.82, 2.24) is 10.0 Å². The molecule has 2 amide bonds. The highest BCUT2D eigenvalue weighted by Crippen LogP contribution is 2.19. The van der Waals surface area contributed by atoms with Crippen LogP contribution in [0.1, 0.15) is 0 Å². The number of urea groups is 1. The van der Waals surface area contributed by atoms with Crippen LogP contribution in [0.25, 0.3) is 0 Å². The molecule has 0 radical (unpaired) electrons. The minimum atomic E-state index is -3.23. The molecule has 1 rings (SSSR count). The van der Waals surface area contributed by atoms with Gasteiger partial charge < -0.3 is 10.6 Å². The van der Waals surface area contributed by atoms with E-state index < -0.39 is 16.1 Å². The van der Waals surface area contributed by atoms with Crippen LogP contribution in [0.4, 0.5) is 10.5 Å². The van der Waals surface area contributed by atoms with Gasteiger partial charge in [-0.05, 0) is 12.1 Å². The molecule has 0 aliphatic heterocycles. The summed E-state index contributed by atoms with van der Waals surface area (Å²) in [7, 11) is -3.23. The number of sulfonamides is 1. The van der Waals surface area contributed by atoms with Crippen LogP contribution in [0, 0.1) is 0 Å². The van der Waals surface area contributed by atoms with Gasteiger partial charge in [0.1, 0.15) is 0 Å². The first-order chi connectivity index (χ1) is 8.38. The smallest absolute Gasteiger partial charge is 0.319 e. The molecule has 1 aromatic rings. The zero-order valence-corrected chi connectivity index (χ0v) is 11.3. The van der Waals surface area contributed by atoms with Gasteiger partial charge in [0.25, 0.3) is 0 Å². The highest BCUT2D eigenvalue weighted by Gasteiger charge is 2.04. The van der Waals surface area contributed by atoms with Crippen LogP contribution in [0.3, 0.4) is 0 Å². The van der Waals surface area contributed by atoms with Gasteiger partial charge in [-0.2, -0.15) is 0 Å². The zero-order chi connectivity index (χ0) is 13.6. The number of carbonyl (C=O) groups is 1. The maximum atomic E-state index is 11.4. The number of rotatable bonds is 5. The lowest BCUT2D eigenvalue weighted by Crippen LogP contribution is -2.36. The molecule has 0 spiro atoms. The summed E-state index contributed by atoms with van der Waals surface area (Å²) in [6.07, 6.45) is 1.05. The van der Waals surface area contributed by atoms with Crippen molar-refractivity contribution < 1.29 is 13.2 Å². The molecule has 6 nitrogen and oxygen atoms in total. The van der Waals surface area contributed by atoms with Crippen LogP contribution in [0.2, 0.25) is 5.02 Å². The van der Waals surface area contributed by atoms with Gasteiger partial charge in [-0.3, -0.25) is 0 Å². The van der Waals surface area contributed by atoms with Gasteiger partial charge >= 0.3 is 6.03 Å². The molecule has 8 heteroatoms.